The molecule has 0 saturated carbocycles. The van der Waals surface area contributed by atoms with E-state index in [1.807, 2.05) is 12.3 Å². The van der Waals surface area contributed by atoms with Gasteiger partial charge in [-0.05, 0) is 12.8 Å². The number of hydrogen-bond acceptors (Lipinski definition) is 5. The first-order valence-electron chi connectivity index (χ1n) is 7.80. The van der Waals surface area contributed by atoms with Crippen LogP contribution in [0.1, 0.15) is 24.5 Å². The lowest BCUT2D eigenvalue weighted by Crippen LogP contribution is -2.52. The van der Waals surface area contributed by atoms with Crippen molar-refractivity contribution in [3.8, 4) is 0 Å². The number of carbonyl (C=O) groups is 1. The lowest BCUT2D eigenvalue weighted by Gasteiger charge is -2.36. The van der Waals surface area contributed by atoms with Crippen LogP contribution in [0.2, 0.25) is 0 Å². The van der Waals surface area contributed by atoms with Crippen molar-refractivity contribution < 1.29 is 9.53 Å². The molecule has 0 aromatic carbocycles. The average Bonchev–Trinajstić information content (AvgIpc) is 2.92. The topological polar surface area (TPSA) is 66.5 Å². The van der Waals surface area contributed by atoms with E-state index in [-0.39, 0.29) is 6.03 Å². The maximum atomic E-state index is 11.9. The standard InChI is InChI=1S/C15H26N4O2S/c1-11(2)14(19-4-6-21-7-5-19)9-17-15(20)16-8-13-10-22-12(3)18-13/h10-11,14H,4-9H2,1-3H3,(H2,16,17,20). The molecule has 2 amide bonds. The van der Waals surface area contributed by atoms with Crippen molar-refractivity contribution in [3.63, 3.8) is 0 Å². The van der Waals surface area contributed by atoms with Crippen LogP contribution in [0.3, 0.4) is 0 Å². The van der Waals surface area contributed by atoms with Gasteiger partial charge in [-0.25, -0.2) is 9.78 Å². The molecule has 1 aliphatic rings. The highest BCUT2D eigenvalue weighted by Crippen LogP contribution is 2.12. The Morgan fingerprint density at radius 2 is 2.14 bits per heavy atom. The summed E-state index contributed by atoms with van der Waals surface area (Å²) in [5, 5.41) is 8.83. The first kappa shape index (κ1) is 17.2. The summed E-state index contributed by atoms with van der Waals surface area (Å²) in [6.07, 6.45) is 0. The Morgan fingerprint density at radius 1 is 1.41 bits per heavy atom. The molecule has 1 saturated heterocycles. The minimum Gasteiger partial charge on any atom is -0.379 e. The van der Waals surface area contributed by atoms with Crippen LogP contribution < -0.4 is 10.6 Å². The highest BCUT2D eigenvalue weighted by Gasteiger charge is 2.24. The number of carbonyl (C=O) groups excluding carboxylic acids is 1. The minimum absolute atomic E-state index is 0.135. The van der Waals surface area contributed by atoms with Crippen LogP contribution in [0.5, 0.6) is 0 Å². The van der Waals surface area contributed by atoms with Crippen molar-refractivity contribution in [3.05, 3.63) is 16.1 Å². The summed E-state index contributed by atoms with van der Waals surface area (Å²) in [7, 11) is 0. The molecule has 2 heterocycles. The van der Waals surface area contributed by atoms with Crippen LogP contribution in [0.25, 0.3) is 0 Å². The number of nitrogens with one attached hydrogen (secondary N) is 2. The summed E-state index contributed by atoms with van der Waals surface area (Å²) in [5.41, 5.74) is 0.909. The van der Waals surface area contributed by atoms with E-state index < -0.39 is 0 Å². The molecular weight excluding hydrogens is 300 g/mol. The molecule has 0 bridgehead atoms. The number of hydrogen-bond donors (Lipinski definition) is 2. The van der Waals surface area contributed by atoms with Gasteiger partial charge in [-0.1, -0.05) is 13.8 Å². The molecule has 1 aromatic heterocycles. The Hall–Kier alpha value is -1.18. The number of amides is 2. The fourth-order valence-electron chi connectivity index (χ4n) is 2.62. The van der Waals surface area contributed by atoms with Crippen LogP contribution >= 0.6 is 11.3 Å². The molecule has 0 radical (unpaired) electrons. The monoisotopic (exact) mass is 326 g/mol. The second kappa shape index (κ2) is 8.45. The summed E-state index contributed by atoms with van der Waals surface area (Å²) in [4.78, 5) is 18.7. The molecular formula is C15H26N4O2S. The third-order valence-electron chi connectivity index (χ3n) is 3.85. The summed E-state index contributed by atoms with van der Waals surface area (Å²) in [6.45, 7) is 10.9. The van der Waals surface area contributed by atoms with Crippen LogP contribution in [-0.4, -0.2) is 54.8 Å². The number of aromatic nitrogens is 1. The number of ether oxygens (including phenoxy) is 1. The van der Waals surface area contributed by atoms with E-state index in [1.165, 1.54) is 0 Å². The van der Waals surface area contributed by atoms with Gasteiger partial charge in [0, 0.05) is 31.1 Å². The molecule has 6 nitrogen and oxygen atoms in total. The number of rotatable bonds is 6. The zero-order valence-electron chi connectivity index (χ0n) is 13.6. The maximum absolute atomic E-state index is 11.9. The van der Waals surface area contributed by atoms with Gasteiger partial charge >= 0.3 is 6.03 Å². The molecule has 7 heteroatoms. The lowest BCUT2D eigenvalue weighted by atomic mass is 10.0. The smallest absolute Gasteiger partial charge is 0.315 e. The van der Waals surface area contributed by atoms with Gasteiger partial charge in [-0.3, -0.25) is 4.90 Å². The molecule has 2 N–H and O–H groups in total. The predicted octanol–water partition coefficient (Wildman–Crippen LogP) is 1.61. The third kappa shape index (κ3) is 5.23. The van der Waals surface area contributed by atoms with Gasteiger partial charge in [-0.15, -0.1) is 11.3 Å². The van der Waals surface area contributed by atoms with Crippen molar-refractivity contribution in [1.82, 2.24) is 20.5 Å². The molecule has 124 valence electrons. The van der Waals surface area contributed by atoms with E-state index in [4.69, 9.17) is 4.74 Å². The van der Waals surface area contributed by atoms with E-state index in [0.29, 0.717) is 25.0 Å². The van der Waals surface area contributed by atoms with Crippen LogP contribution in [0.4, 0.5) is 4.79 Å². The summed E-state index contributed by atoms with van der Waals surface area (Å²) < 4.78 is 5.40. The molecule has 1 fully saturated rings. The molecule has 1 aromatic rings. The summed E-state index contributed by atoms with van der Waals surface area (Å²) >= 11 is 1.60. The molecule has 1 unspecified atom stereocenters. The molecule has 2 rings (SSSR count). The predicted molar refractivity (Wildman–Crippen MR) is 88.1 cm³/mol. The fourth-order valence-corrected chi connectivity index (χ4v) is 3.23. The average molecular weight is 326 g/mol. The normalized spacial score (nSPS) is 17.5. The molecule has 0 aliphatic carbocycles. The fraction of sp³-hybridized carbons (Fsp3) is 0.733. The van der Waals surface area contributed by atoms with Gasteiger partial charge in [-0.2, -0.15) is 0 Å². The van der Waals surface area contributed by atoms with Crippen molar-refractivity contribution in [2.45, 2.75) is 33.4 Å². The van der Waals surface area contributed by atoms with E-state index in [9.17, 15) is 4.79 Å². The lowest BCUT2D eigenvalue weighted by molar-refractivity contribution is 0.00719. The Labute approximate surface area is 136 Å². The molecule has 1 atom stereocenters. The zero-order chi connectivity index (χ0) is 15.9. The highest BCUT2D eigenvalue weighted by molar-refractivity contribution is 7.09. The molecule has 1 aliphatic heterocycles. The van der Waals surface area contributed by atoms with Crippen molar-refractivity contribution in [2.75, 3.05) is 32.8 Å². The SMILES string of the molecule is Cc1nc(CNC(=O)NCC(C(C)C)N2CCOCC2)cs1. The van der Waals surface area contributed by atoms with Crippen molar-refractivity contribution in [1.29, 1.82) is 0 Å². The molecule has 0 spiro atoms. The van der Waals surface area contributed by atoms with Gasteiger partial charge in [0.15, 0.2) is 0 Å². The number of nitrogens with zero attached hydrogens (tertiary/aromatic N) is 2. The Bertz CT molecular complexity index is 472. The quantitative estimate of drug-likeness (QED) is 0.833. The Morgan fingerprint density at radius 3 is 2.73 bits per heavy atom. The minimum atomic E-state index is -0.135. The van der Waals surface area contributed by atoms with E-state index in [1.54, 1.807) is 11.3 Å². The second-order valence-electron chi connectivity index (χ2n) is 5.88. The summed E-state index contributed by atoms with van der Waals surface area (Å²) in [6, 6.07) is 0.209. The van der Waals surface area contributed by atoms with E-state index in [2.05, 4.69) is 34.4 Å². The number of aryl methyl sites for hydroxylation is 1. The van der Waals surface area contributed by atoms with Crippen molar-refractivity contribution in [2.24, 2.45) is 5.92 Å². The number of morpholine rings is 1. The Kier molecular flexibility index (Phi) is 6.60. The van der Waals surface area contributed by atoms with Crippen molar-refractivity contribution >= 4 is 17.4 Å². The number of urea groups is 1. The Balaban J connectivity index is 1.74. The highest BCUT2D eigenvalue weighted by atomic mass is 32.1. The summed E-state index contributed by atoms with van der Waals surface area (Å²) in [5.74, 6) is 0.486. The van der Waals surface area contributed by atoms with Crippen LogP contribution in [0, 0.1) is 12.8 Å². The van der Waals surface area contributed by atoms with Crippen LogP contribution in [-0.2, 0) is 11.3 Å². The number of thiazole rings is 1. The van der Waals surface area contributed by atoms with Gasteiger partial charge < -0.3 is 15.4 Å². The first-order chi connectivity index (χ1) is 10.6. The maximum Gasteiger partial charge on any atom is 0.315 e. The van der Waals surface area contributed by atoms with Gasteiger partial charge in [0.25, 0.3) is 0 Å². The van der Waals surface area contributed by atoms with Gasteiger partial charge in [0.1, 0.15) is 0 Å². The zero-order valence-corrected chi connectivity index (χ0v) is 14.4. The second-order valence-corrected chi connectivity index (χ2v) is 6.94. The first-order valence-corrected chi connectivity index (χ1v) is 8.68. The van der Waals surface area contributed by atoms with Crippen LogP contribution in [0.15, 0.2) is 5.38 Å². The largest absolute Gasteiger partial charge is 0.379 e. The van der Waals surface area contributed by atoms with Gasteiger partial charge in [0.05, 0.1) is 30.5 Å². The van der Waals surface area contributed by atoms with E-state index in [0.717, 1.165) is 37.0 Å². The molecule has 22 heavy (non-hydrogen) atoms. The third-order valence-corrected chi connectivity index (χ3v) is 4.67. The van der Waals surface area contributed by atoms with Gasteiger partial charge in [0.2, 0.25) is 0 Å². The van der Waals surface area contributed by atoms with E-state index >= 15 is 0 Å².